The van der Waals surface area contributed by atoms with Crippen LogP contribution in [0.4, 0.5) is 5.69 Å². The van der Waals surface area contributed by atoms with Crippen molar-refractivity contribution in [3.63, 3.8) is 0 Å². The second-order valence-electron chi connectivity index (χ2n) is 7.40. The minimum atomic E-state index is -0.604. The maximum atomic E-state index is 12.3. The minimum absolute atomic E-state index is 0.289. The molecule has 0 aliphatic heterocycles. The molecule has 2 aromatic carbocycles. The normalized spacial score (nSPS) is 10.6. The average molecular weight is 399 g/mol. The molecular weight excluding hydrogens is 370 g/mol. The van der Waals surface area contributed by atoms with Crippen LogP contribution < -0.4 is 14.8 Å². The molecule has 1 N–H and O–H groups in total. The highest BCUT2D eigenvalue weighted by molar-refractivity contribution is 5.95. The van der Waals surface area contributed by atoms with Crippen LogP contribution in [-0.4, -0.2) is 32.2 Å². The largest absolute Gasteiger partial charge is 0.493 e. The zero-order chi connectivity index (χ0) is 21.4. The molecule has 0 aliphatic carbocycles. The first-order valence-electron chi connectivity index (χ1n) is 9.64. The molecule has 0 saturated carbocycles. The van der Waals surface area contributed by atoms with Gasteiger partial charge in [-0.3, -0.25) is 4.79 Å². The van der Waals surface area contributed by atoms with Gasteiger partial charge in [-0.05, 0) is 67.6 Å². The third kappa shape index (κ3) is 7.14. The summed E-state index contributed by atoms with van der Waals surface area (Å²) in [6, 6.07) is 10.5. The highest BCUT2D eigenvalue weighted by Crippen LogP contribution is 2.28. The number of aryl methyl sites for hydroxylation is 2. The summed E-state index contributed by atoms with van der Waals surface area (Å²) in [6.07, 6.45) is 0.919. The Labute approximate surface area is 172 Å². The van der Waals surface area contributed by atoms with E-state index in [4.69, 9.17) is 14.2 Å². The van der Waals surface area contributed by atoms with E-state index >= 15 is 0 Å². The lowest BCUT2D eigenvalue weighted by atomic mass is 10.1. The Balaban J connectivity index is 1.93. The van der Waals surface area contributed by atoms with E-state index in [2.05, 4.69) is 19.2 Å². The van der Waals surface area contributed by atoms with Crippen molar-refractivity contribution >= 4 is 17.6 Å². The average Bonchev–Trinajstić information content (AvgIpc) is 2.65. The molecule has 6 nitrogen and oxygen atoms in total. The van der Waals surface area contributed by atoms with Crippen LogP contribution in [0.1, 0.15) is 41.8 Å². The molecule has 6 heteroatoms. The standard InChI is InChI=1S/C23H29NO5/c1-15(2)8-9-28-20-7-6-18(13-21(20)27-5)23(26)29-14-22(25)24-19-11-16(3)10-17(4)12-19/h6-7,10-13,15H,8-9,14H2,1-5H3,(H,24,25). The summed E-state index contributed by atoms with van der Waals surface area (Å²) in [4.78, 5) is 24.4. The van der Waals surface area contributed by atoms with Crippen LogP contribution in [0, 0.1) is 19.8 Å². The van der Waals surface area contributed by atoms with E-state index in [1.165, 1.54) is 7.11 Å². The summed E-state index contributed by atoms with van der Waals surface area (Å²) in [5.41, 5.74) is 3.05. The minimum Gasteiger partial charge on any atom is -0.493 e. The molecule has 0 aliphatic rings. The van der Waals surface area contributed by atoms with E-state index in [1.54, 1.807) is 18.2 Å². The van der Waals surface area contributed by atoms with Crippen LogP contribution in [-0.2, 0) is 9.53 Å². The molecular formula is C23H29NO5. The quantitative estimate of drug-likeness (QED) is 0.627. The van der Waals surface area contributed by atoms with E-state index in [9.17, 15) is 9.59 Å². The third-order valence-corrected chi connectivity index (χ3v) is 4.19. The van der Waals surface area contributed by atoms with Crippen molar-refractivity contribution < 1.29 is 23.8 Å². The molecule has 0 heterocycles. The number of amides is 1. The van der Waals surface area contributed by atoms with Crippen molar-refractivity contribution in [3.8, 4) is 11.5 Å². The lowest BCUT2D eigenvalue weighted by Crippen LogP contribution is -2.21. The molecule has 0 fully saturated rings. The molecule has 2 aromatic rings. The van der Waals surface area contributed by atoms with Crippen LogP contribution in [0.2, 0.25) is 0 Å². The van der Waals surface area contributed by atoms with E-state index in [0.717, 1.165) is 17.5 Å². The molecule has 0 aromatic heterocycles. The molecule has 2 rings (SSSR count). The van der Waals surface area contributed by atoms with Gasteiger partial charge in [0.05, 0.1) is 19.3 Å². The number of carbonyl (C=O) groups excluding carboxylic acids is 2. The first kappa shape index (κ1) is 22.3. The Morgan fingerprint density at radius 2 is 1.69 bits per heavy atom. The summed E-state index contributed by atoms with van der Waals surface area (Å²) >= 11 is 0. The second-order valence-corrected chi connectivity index (χ2v) is 7.40. The summed E-state index contributed by atoms with van der Waals surface area (Å²) in [5, 5.41) is 2.73. The fraction of sp³-hybridized carbons (Fsp3) is 0.391. The smallest absolute Gasteiger partial charge is 0.338 e. The van der Waals surface area contributed by atoms with Gasteiger partial charge in [-0.2, -0.15) is 0 Å². The van der Waals surface area contributed by atoms with Crippen molar-refractivity contribution in [2.45, 2.75) is 34.1 Å². The molecule has 29 heavy (non-hydrogen) atoms. The summed E-state index contributed by atoms with van der Waals surface area (Å²) < 4.78 is 16.2. The first-order chi connectivity index (χ1) is 13.8. The number of methoxy groups -OCH3 is 1. The predicted octanol–water partition coefficient (Wildman–Crippen LogP) is 4.53. The molecule has 0 spiro atoms. The van der Waals surface area contributed by atoms with Gasteiger partial charge in [0.1, 0.15) is 0 Å². The van der Waals surface area contributed by atoms with Crippen molar-refractivity contribution in [2.24, 2.45) is 5.92 Å². The van der Waals surface area contributed by atoms with Crippen molar-refractivity contribution in [1.82, 2.24) is 0 Å². The zero-order valence-electron chi connectivity index (χ0n) is 17.7. The molecule has 0 radical (unpaired) electrons. The van der Waals surface area contributed by atoms with E-state index < -0.39 is 11.9 Å². The highest BCUT2D eigenvalue weighted by Gasteiger charge is 2.14. The first-order valence-corrected chi connectivity index (χ1v) is 9.64. The third-order valence-electron chi connectivity index (χ3n) is 4.19. The van der Waals surface area contributed by atoms with Crippen LogP contribution in [0.3, 0.4) is 0 Å². The van der Waals surface area contributed by atoms with Crippen LogP contribution in [0.15, 0.2) is 36.4 Å². The Kier molecular flexibility index (Phi) is 8.07. The summed E-state index contributed by atoms with van der Waals surface area (Å²) in [7, 11) is 1.51. The number of carbonyl (C=O) groups is 2. The molecule has 0 saturated heterocycles. The van der Waals surface area contributed by atoms with E-state index in [0.29, 0.717) is 29.7 Å². The van der Waals surface area contributed by atoms with Crippen molar-refractivity contribution in [1.29, 1.82) is 0 Å². The monoisotopic (exact) mass is 399 g/mol. The van der Waals surface area contributed by atoms with Crippen LogP contribution >= 0.6 is 0 Å². The van der Waals surface area contributed by atoms with Crippen LogP contribution in [0.25, 0.3) is 0 Å². The Hall–Kier alpha value is -3.02. The number of rotatable bonds is 9. The summed E-state index contributed by atoms with van der Waals surface area (Å²) in [6.45, 7) is 8.34. The van der Waals surface area contributed by atoms with Gasteiger partial charge in [0, 0.05) is 5.69 Å². The van der Waals surface area contributed by atoms with Gasteiger partial charge < -0.3 is 19.5 Å². The number of hydrogen-bond acceptors (Lipinski definition) is 5. The number of ether oxygens (including phenoxy) is 3. The fourth-order valence-electron chi connectivity index (χ4n) is 2.78. The molecule has 0 unspecified atom stereocenters. The molecule has 0 bridgehead atoms. The number of hydrogen-bond donors (Lipinski definition) is 1. The van der Waals surface area contributed by atoms with Crippen molar-refractivity contribution in [2.75, 3.05) is 25.6 Å². The van der Waals surface area contributed by atoms with Gasteiger partial charge in [-0.25, -0.2) is 4.79 Å². The molecule has 156 valence electrons. The summed E-state index contributed by atoms with van der Waals surface area (Å²) in [5.74, 6) is 0.543. The van der Waals surface area contributed by atoms with Crippen LogP contribution in [0.5, 0.6) is 11.5 Å². The zero-order valence-corrected chi connectivity index (χ0v) is 17.7. The van der Waals surface area contributed by atoms with Gasteiger partial charge in [0.2, 0.25) is 0 Å². The Bertz CT molecular complexity index is 840. The van der Waals surface area contributed by atoms with Gasteiger partial charge in [0.25, 0.3) is 5.91 Å². The van der Waals surface area contributed by atoms with Gasteiger partial charge in [-0.15, -0.1) is 0 Å². The highest BCUT2D eigenvalue weighted by atomic mass is 16.5. The maximum absolute atomic E-state index is 12.3. The lowest BCUT2D eigenvalue weighted by molar-refractivity contribution is -0.119. The SMILES string of the molecule is COc1cc(C(=O)OCC(=O)Nc2cc(C)cc(C)c2)ccc1OCCC(C)C. The number of anilines is 1. The fourth-order valence-corrected chi connectivity index (χ4v) is 2.78. The molecule has 1 amide bonds. The predicted molar refractivity (Wildman–Crippen MR) is 113 cm³/mol. The van der Waals surface area contributed by atoms with E-state index in [-0.39, 0.29) is 12.2 Å². The lowest BCUT2D eigenvalue weighted by Gasteiger charge is -2.13. The topological polar surface area (TPSA) is 73.9 Å². The molecule has 0 atom stereocenters. The number of esters is 1. The van der Waals surface area contributed by atoms with Gasteiger partial charge in [0.15, 0.2) is 18.1 Å². The Morgan fingerprint density at radius 1 is 1.00 bits per heavy atom. The maximum Gasteiger partial charge on any atom is 0.338 e. The number of benzene rings is 2. The second kappa shape index (κ2) is 10.5. The van der Waals surface area contributed by atoms with E-state index in [1.807, 2.05) is 32.0 Å². The number of nitrogens with one attached hydrogen (secondary N) is 1. The Morgan fingerprint density at radius 3 is 2.31 bits per heavy atom. The van der Waals surface area contributed by atoms with Crippen molar-refractivity contribution in [3.05, 3.63) is 53.1 Å². The van der Waals surface area contributed by atoms with Gasteiger partial charge >= 0.3 is 5.97 Å². The van der Waals surface area contributed by atoms with Gasteiger partial charge in [-0.1, -0.05) is 19.9 Å².